The van der Waals surface area contributed by atoms with E-state index in [0.717, 1.165) is 15.8 Å². The van der Waals surface area contributed by atoms with Gasteiger partial charge in [-0.25, -0.2) is 0 Å². The van der Waals surface area contributed by atoms with Crippen LogP contribution in [0, 0.1) is 11.8 Å². The number of halogens is 2. The predicted octanol–water partition coefficient (Wildman–Crippen LogP) is 5.19. The first kappa shape index (κ1) is 16.1. The van der Waals surface area contributed by atoms with Gasteiger partial charge in [-0.15, -0.1) is 11.6 Å². The molecule has 112 valence electrons. The fraction of sp³-hybridized carbons (Fsp3) is 0.625. The Balaban J connectivity index is 2.21. The van der Waals surface area contributed by atoms with Gasteiger partial charge in [-0.3, -0.25) is 0 Å². The van der Waals surface area contributed by atoms with Crippen molar-refractivity contribution >= 4 is 27.5 Å². The Hall–Kier alpha value is -0.250. The number of benzene rings is 1. The zero-order valence-corrected chi connectivity index (χ0v) is 14.7. The summed E-state index contributed by atoms with van der Waals surface area (Å²) in [6, 6.07) is 6.09. The molecule has 0 radical (unpaired) electrons. The molecule has 1 aliphatic rings. The van der Waals surface area contributed by atoms with E-state index >= 15 is 0 Å². The maximum atomic E-state index is 6.73. The fourth-order valence-electron chi connectivity index (χ4n) is 2.98. The minimum atomic E-state index is -0.0445. The second-order valence-corrected chi connectivity index (χ2v) is 6.83. The predicted molar refractivity (Wildman–Crippen MR) is 86.6 cm³/mol. The van der Waals surface area contributed by atoms with Crippen LogP contribution < -0.4 is 4.74 Å². The molecule has 1 saturated heterocycles. The second kappa shape index (κ2) is 6.67. The molecule has 0 bridgehead atoms. The van der Waals surface area contributed by atoms with Crippen molar-refractivity contribution in [2.75, 3.05) is 6.61 Å². The molecule has 20 heavy (non-hydrogen) atoms. The largest absolute Gasteiger partial charge is 0.493 e. The summed E-state index contributed by atoms with van der Waals surface area (Å²) in [7, 11) is 0. The van der Waals surface area contributed by atoms with Crippen LogP contribution in [0.5, 0.6) is 5.75 Å². The lowest BCUT2D eigenvalue weighted by Crippen LogP contribution is -2.22. The van der Waals surface area contributed by atoms with Gasteiger partial charge in [0.15, 0.2) is 0 Å². The molecule has 0 aromatic heterocycles. The SMILES string of the molecule is CCOc1ccc(C(Cl)C2C(C)OC(C)C2C)cc1Br. The maximum absolute atomic E-state index is 6.73. The molecule has 0 amide bonds. The average Bonchev–Trinajstić information content (AvgIpc) is 2.65. The quantitative estimate of drug-likeness (QED) is 0.687. The molecule has 1 aromatic carbocycles. The number of ether oxygens (including phenoxy) is 2. The molecule has 5 atom stereocenters. The molecule has 0 saturated carbocycles. The van der Waals surface area contributed by atoms with Gasteiger partial charge in [0.2, 0.25) is 0 Å². The van der Waals surface area contributed by atoms with Crippen molar-refractivity contribution in [2.24, 2.45) is 11.8 Å². The number of hydrogen-bond acceptors (Lipinski definition) is 2. The van der Waals surface area contributed by atoms with Crippen molar-refractivity contribution in [1.29, 1.82) is 0 Å². The van der Waals surface area contributed by atoms with Crippen LogP contribution in [0.4, 0.5) is 0 Å². The first-order chi connectivity index (χ1) is 9.45. The number of rotatable bonds is 4. The molecule has 2 rings (SSSR count). The van der Waals surface area contributed by atoms with Gasteiger partial charge in [0.1, 0.15) is 5.75 Å². The highest BCUT2D eigenvalue weighted by Gasteiger charge is 2.41. The van der Waals surface area contributed by atoms with Crippen molar-refractivity contribution in [1.82, 2.24) is 0 Å². The van der Waals surface area contributed by atoms with E-state index in [0.29, 0.717) is 18.4 Å². The summed E-state index contributed by atoms with van der Waals surface area (Å²) in [6.45, 7) is 9.09. The van der Waals surface area contributed by atoms with Crippen LogP contribution in [-0.2, 0) is 4.74 Å². The van der Waals surface area contributed by atoms with E-state index in [9.17, 15) is 0 Å². The Morgan fingerprint density at radius 2 is 2.00 bits per heavy atom. The summed E-state index contributed by atoms with van der Waals surface area (Å²) < 4.78 is 12.4. The van der Waals surface area contributed by atoms with E-state index in [4.69, 9.17) is 21.1 Å². The Labute approximate surface area is 134 Å². The first-order valence-corrected chi connectivity index (χ1v) is 8.40. The van der Waals surface area contributed by atoms with Crippen molar-refractivity contribution in [3.8, 4) is 5.75 Å². The summed E-state index contributed by atoms with van der Waals surface area (Å²) in [6.07, 6.45) is 0.454. The van der Waals surface area contributed by atoms with E-state index in [1.807, 2.05) is 13.0 Å². The summed E-state index contributed by atoms with van der Waals surface area (Å²) in [5, 5.41) is -0.0445. The van der Waals surface area contributed by atoms with Crippen LogP contribution >= 0.6 is 27.5 Å². The van der Waals surface area contributed by atoms with Crippen molar-refractivity contribution in [2.45, 2.75) is 45.3 Å². The van der Waals surface area contributed by atoms with Gasteiger partial charge in [-0.2, -0.15) is 0 Å². The maximum Gasteiger partial charge on any atom is 0.133 e. The van der Waals surface area contributed by atoms with Crippen molar-refractivity contribution in [3.63, 3.8) is 0 Å². The highest BCUT2D eigenvalue weighted by atomic mass is 79.9. The Morgan fingerprint density at radius 1 is 1.30 bits per heavy atom. The van der Waals surface area contributed by atoms with Crippen molar-refractivity contribution in [3.05, 3.63) is 28.2 Å². The van der Waals surface area contributed by atoms with Gasteiger partial charge in [-0.05, 0) is 60.3 Å². The number of alkyl halides is 1. The zero-order valence-electron chi connectivity index (χ0n) is 12.4. The third-order valence-corrected chi connectivity index (χ3v) is 5.39. The molecular formula is C16H22BrClO2. The molecule has 5 unspecified atom stereocenters. The molecule has 0 aliphatic carbocycles. The lowest BCUT2D eigenvalue weighted by atomic mass is 9.84. The van der Waals surface area contributed by atoms with Gasteiger partial charge < -0.3 is 9.47 Å². The van der Waals surface area contributed by atoms with Crippen LogP contribution in [0.1, 0.15) is 38.6 Å². The lowest BCUT2D eigenvalue weighted by molar-refractivity contribution is 0.0508. The van der Waals surface area contributed by atoms with Crippen molar-refractivity contribution < 1.29 is 9.47 Å². The first-order valence-electron chi connectivity index (χ1n) is 7.17. The second-order valence-electron chi connectivity index (χ2n) is 5.51. The number of hydrogen-bond donors (Lipinski definition) is 0. The van der Waals surface area contributed by atoms with Gasteiger partial charge in [0.25, 0.3) is 0 Å². The van der Waals surface area contributed by atoms with Gasteiger partial charge >= 0.3 is 0 Å². The molecule has 4 heteroatoms. The highest BCUT2D eigenvalue weighted by molar-refractivity contribution is 9.10. The highest BCUT2D eigenvalue weighted by Crippen LogP contribution is 2.44. The average molecular weight is 362 g/mol. The molecule has 1 fully saturated rings. The zero-order chi connectivity index (χ0) is 14.9. The normalized spacial score (nSPS) is 31.3. The molecule has 0 N–H and O–H groups in total. The third kappa shape index (κ3) is 3.15. The molecule has 1 aliphatic heterocycles. The smallest absolute Gasteiger partial charge is 0.133 e. The van der Waals surface area contributed by atoms with E-state index < -0.39 is 0 Å². The molecule has 0 spiro atoms. The van der Waals surface area contributed by atoms with Crippen LogP contribution in [-0.4, -0.2) is 18.8 Å². The van der Waals surface area contributed by atoms with E-state index in [2.05, 4.69) is 48.8 Å². The molecule has 1 aromatic rings. The topological polar surface area (TPSA) is 18.5 Å². The summed E-state index contributed by atoms with van der Waals surface area (Å²) in [4.78, 5) is 0. The standard InChI is InChI=1S/C16H22BrClO2/c1-5-19-14-7-6-12(8-13(14)17)16(18)15-9(2)10(3)20-11(15)4/h6-11,15-16H,5H2,1-4H3. The third-order valence-electron chi connectivity index (χ3n) is 4.23. The molecule has 2 nitrogen and oxygen atoms in total. The molecule has 1 heterocycles. The Morgan fingerprint density at radius 3 is 2.50 bits per heavy atom. The summed E-state index contributed by atoms with van der Waals surface area (Å²) in [5.41, 5.74) is 1.11. The van der Waals surface area contributed by atoms with Gasteiger partial charge in [0.05, 0.1) is 28.7 Å². The van der Waals surface area contributed by atoms with Crippen LogP contribution in [0.3, 0.4) is 0 Å². The lowest BCUT2D eigenvalue weighted by Gasteiger charge is -2.24. The molecular weight excluding hydrogens is 340 g/mol. The Kier molecular flexibility index (Phi) is 5.38. The van der Waals surface area contributed by atoms with Gasteiger partial charge in [0, 0.05) is 5.92 Å². The van der Waals surface area contributed by atoms with E-state index in [1.54, 1.807) is 0 Å². The minimum absolute atomic E-state index is 0.0445. The van der Waals surface area contributed by atoms with Crippen LogP contribution in [0.2, 0.25) is 0 Å². The van der Waals surface area contributed by atoms with Crippen LogP contribution in [0.15, 0.2) is 22.7 Å². The summed E-state index contributed by atoms with van der Waals surface area (Å²) in [5.74, 6) is 1.65. The van der Waals surface area contributed by atoms with Gasteiger partial charge in [-0.1, -0.05) is 13.0 Å². The fourth-order valence-corrected chi connectivity index (χ4v) is 4.06. The van der Waals surface area contributed by atoms with E-state index in [-0.39, 0.29) is 17.6 Å². The summed E-state index contributed by atoms with van der Waals surface area (Å²) >= 11 is 10.3. The van der Waals surface area contributed by atoms with Crippen LogP contribution in [0.25, 0.3) is 0 Å². The minimum Gasteiger partial charge on any atom is -0.493 e. The Bertz CT molecular complexity index is 466. The van der Waals surface area contributed by atoms with E-state index in [1.165, 1.54) is 0 Å². The monoisotopic (exact) mass is 360 g/mol.